The van der Waals surface area contributed by atoms with E-state index in [1.807, 2.05) is 0 Å². The van der Waals surface area contributed by atoms with Crippen molar-refractivity contribution in [2.75, 3.05) is 13.2 Å². The molecule has 0 aliphatic carbocycles. The molecule has 0 amide bonds. The Balaban J connectivity index is 2.52. The van der Waals surface area contributed by atoms with Crippen LogP contribution in [0.5, 0.6) is 0 Å². The van der Waals surface area contributed by atoms with Gasteiger partial charge in [0.15, 0.2) is 0 Å². The second kappa shape index (κ2) is 3.46. The van der Waals surface area contributed by atoms with E-state index in [4.69, 9.17) is 20.4 Å². The topological polar surface area (TPSA) is 95.0 Å². The zero-order valence-electron chi connectivity index (χ0n) is 5.96. The summed E-state index contributed by atoms with van der Waals surface area (Å²) in [5, 5.41) is 39.6. The summed E-state index contributed by atoms with van der Waals surface area (Å²) in [5.41, 5.74) is 0. The molecule has 5 nitrogen and oxygen atoms in total. The number of piperidine rings is 1. The Bertz CT molecular complexity index is 130. The van der Waals surface area contributed by atoms with Crippen molar-refractivity contribution in [3.63, 3.8) is 0 Å². The second-order valence-corrected chi connectivity index (χ2v) is 2.66. The highest BCUT2D eigenvalue weighted by molar-refractivity contribution is 4.91. The van der Waals surface area contributed by atoms with E-state index >= 15 is 0 Å². The zero-order valence-corrected chi connectivity index (χ0v) is 5.96. The van der Waals surface area contributed by atoms with Gasteiger partial charge in [0.25, 0.3) is 0 Å². The minimum absolute atomic E-state index is 0.0729. The molecule has 0 aromatic heterocycles. The standard InChI is InChI=1S/C6H12NO4/c8-2-3-5(10)6(11)4(9)1-7-3/h3-6,8-11H,1-2H2. The first-order valence-corrected chi connectivity index (χ1v) is 3.48. The summed E-state index contributed by atoms with van der Waals surface area (Å²) < 4.78 is 0. The monoisotopic (exact) mass is 162 g/mol. The van der Waals surface area contributed by atoms with Crippen LogP contribution in [0, 0.1) is 0 Å². The Labute approximate surface area is 64.3 Å². The van der Waals surface area contributed by atoms with Crippen LogP contribution in [0.3, 0.4) is 0 Å². The lowest BCUT2D eigenvalue weighted by Crippen LogP contribution is -2.57. The average Bonchev–Trinajstić information content (AvgIpc) is 2.01. The summed E-state index contributed by atoms with van der Waals surface area (Å²) in [4.78, 5) is 0. The fourth-order valence-electron chi connectivity index (χ4n) is 1.08. The lowest BCUT2D eigenvalue weighted by Gasteiger charge is -2.33. The molecule has 4 atom stereocenters. The summed E-state index contributed by atoms with van der Waals surface area (Å²) in [7, 11) is 0. The van der Waals surface area contributed by atoms with Crippen molar-refractivity contribution in [3.8, 4) is 0 Å². The van der Waals surface area contributed by atoms with E-state index < -0.39 is 24.4 Å². The van der Waals surface area contributed by atoms with E-state index in [1.165, 1.54) is 0 Å². The molecule has 5 heteroatoms. The quantitative estimate of drug-likeness (QED) is 0.331. The van der Waals surface area contributed by atoms with Crippen LogP contribution in [-0.4, -0.2) is 57.9 Å². The molecule has 0 aromatic rings. The minimum atomic E-state index is -1.19. The number of hydrogen-bond donors (Lipinski definition) is 4. The number of aliphatic hydroxyl groups excluding tert-OH is 4. The molecule has 1 heterocycles. The van der Waals surface area contributed by atoms with E-state index in [1.54, 1.807) is 0 Å². The summed E-state index contributed by atoms with van der Waals surface area (Å²) >= 11 is 0. The van der Waals surface area contributed by atoms with Crippen LogP contribution < -0.4 is 5.32 Å². The Kier molecular flexibility index (Phi) is 2.80. The molecule has 0 bridgehead atoms. The van der Waals surface area contributed by atoms with Crippen LogP contribution >= 0.6 is 0 Å². The first kappa shape index (κ1) is 8.89. The van der Waals surface area contributed by atoms with Crippen molar-refractivity contribution >= 4 is 0 Å². The first-order chi connectivity index (χ1) is 5.16. The third-order valence-corrected chi connectivity index (χ3v) is 1.85. The molecule has 4 unspecified atom stereocenters. The van der Waals surface area contributed by atoms with Gasteiger partial charge >= 0.3 is 0 Å². The van der Waals surface area contributed by atoms with Gasteiger partial charge in [0, 0.05) is 6.54 Å². The fraction of sp³-hybridized carbons (Fsp3) is 1.00. The van der Waals surface area contributed by atoms with Crippen molar-refractivity contribution in [2.24, 2.45) is 0 Å². The SMILES string of the molecule is OCC1[N]CC(O)C(O)C1O. The van der Waals surface area contributed by atoms with Gasteiger partial charge in [-0.05, 0) is 0 Å². The van der Waals surface area contributed by atoms with Crippen LogP contribution in [-0.2, 0) is 0 Å². The third kappa shape index (κ3) is 1.69. The Morgan fingerprint density at radius 3 is 2.36 bits per heavy atom. The predicted octanol–water partition coefficient (Wildman–Crippen LogP) is -2.95. The van der Waals surface area contributed by atoms with E-state index in [9.17, 15) is 0 Å². The summed E-state index contributed by atoms with van der Waals surface area (Å²) in [5.74, 6) is 0. The van der Waals surface area contributed by atoms with Crippen LogP contribution in [0.1, 0.15) is 0 Å². The molecule has 4 N–H and O–H groups in total. The van der Waals surface area contributed by atoms with E-state index in [0.29, 0.717) is 0 Å². The van der Waals surface area contributed by atoms with Gasteiger partial charge in [-0.2, -0.15) is 0 Å². The molecular weight excluding hydrogens is 150 g/mol. The van der Waals surface area contributed by atoms with Crippen molar-refractivity contribution < 1.29 is 20.4 Å². The van der Waals surface area contributed by atoms with Gasteiger partial charge in [0.1, 0.15) is 12.2 Å². The molecule has 1 aliphatic rings. The smallest absolute Gasteiger partial charge is 0.109 e. The van der Waals surface area contributed by atoms with Crippen LogP contribution in [0.4, 0.5) is 0 Å². The first-order valence-electron chi connectivity index (χ1n) is 3.48. The lowest BCUT2D eigenvalue weighted by atomic mass is 9.97. The summed E-state index contributed by atoms with van der Waals surface area (Å²) in [6.07, 6.45) is -3.35. The van der Waals surface area contributed by atoms with E-state index in [-0.39, 0.29) is 13.2 Å². The third-order valence-electron chi connectivity index (χ3n) is 1.85. The average molecular weight is 162 g/mol. The van der Waals surface area contributed by atoms with E-state index in [0.717, 1.165) is 0 Å². The van der Waals surface area contributed by atoms with Gasteiger partial charge in [-0.15, -0.1) is 0 Å². The number of aliphatic hydroxyl groups is 4. The summed E-state index contributed by atoms with van der Waals surface area (Å²) in [6.45, 7) is -0.228. The van der Waals surface area contributed by atoms with Gasteiger partial charge in [-0.25, -0.2) is 5.32 Å². The van der Waals surface area contributed by atoms with Crippen molar-refractivity contribution in [2.45, 2.75) is 24.4 Å². The largest absolute Gasteiger partial charge is 0.395 e. The van der Waals surface area contributed by atoms with Crippen molar-refractivity contribution in [3.05, 3.63) is 0 Å². The molecule has 0 saturated carbocycles. The molecule has 1 rings (SSSR count). The maximum Gasteiger partial charge on any atom is 0.109 e. The highest BCUT2D eigenvalue weighted by atomic mass is 16.4. The van der Waals surface area contributed by atoms with Gasteiger partial charge in [-0.3, -0.25) is 0 Å². The molecule has 0 aromatic carbocycles. The molecule has 11 heavy (non-hydrogen) atoms. The van der Waals surface area contributed by atoms with Crippen molar-refractivity contribution in [1.82, 2.24) is 5.32 Å². The number of rotatable bonds is 1. The molecule has 1 fully saturated rings. The van der Waals surface area contributed by atoms with Crippen molar-refractivity contribution in [1.29, 1.82) is 0 Å². The Morgan fingerprint density at radius 1 is 1.18 bits per heavy atom. The van der Waals surface area contributed by atoms with Gasteiger partial charge in [-0.1, -0.05) is 0 Å². The van der Waals surface area contributed by atoms with Crippen LogP contribution in [0.15, 0.2) is 0 Å². The lowest BCUT2D eigenvalue weighted by molar-refractivity contribution is -0.102. The maximum absolute atomic E-state index is 9.14. The highest BCUT2D eigenvalue weighted by Gasteiger charge is 2.36. The second-order valence-electron chi connectivity index (χ2n) is 2.66. The van der Waals surface area contributed by atoms with Gasteiger partial charge < -0.3 is 20.4 Å². The van der Waals surface area contributed by atoms with Crippen LogP contribution in [0.2, 0.25) is 0 Å². The summed E-state index contributed by atoms with van der Waals surface area (Å²) in [6, 6.07) is -0.659. The highest BCUT2D eigenvalue weighted by Crippen LogP contribution is 2.10. The predicted molar refractivity (Wildman–Crippen MR) is 35.9 cm³/mol. The zero-order chi connectivity index (χ0) is 8.43. The molecule has 1 saturated heterocycles. The minimum Gasteiger partial charge on any atom is -0.395 e. The van der Waals surface area contributed by atoms with E-state index in [2.05, 4.69) is 5.32 Å². The number of hydrogen-bond acceptors (Lipinski definition) is 4. The molecule has 1 radical (unpaired) electrons. The normalized spacial score (nSPS) is 45.8. The number of nitrogens with zero attached hydrogens (tertiary/aromatic N) is 1. The van der Waals surface area contributed by atoms with Gasteiger partial charge in [0.05, 0.1) is 18.8 Å². The fourth-order valence-corrected chi connectivity index (χ4v) is 1.08. The Morgan fingerprint density at radius 2 is 1.82 bits per heavy atom. The molecule has 1 aliphatic heterocycles. The Hall–Kier alpha value is -0.200. The molecule has 0 spiro atoms. The molecular formula is C6H12NO4. The van der Waals surface area contributed by atoms with Gasteiger partial charge in [0.2, 0.25) is 0 Å². The van der Waals surface area contributed by atoms with Crippen LogP contribution in [0.25, 0.3) is 0 Å². The maximum atomic E-state index is 9.14. The molecule has 65 valence electrons.